The highest BCUT2D eigenvalue weighted by Crippen LogP contribution is 2.31. The fourth-order valence-corrected chi connectivity index (χ4v) is 1.56. The first-order chi connectivity index (χ1) is 8.58. The predicted octanol–water partition coefficient (Wildman–Crippen LogP) is 1.99. The second kappa shape index (κ2) is 6.86. The van der Waals surface area contributed by atoms with Crippen molar-refractivity contribution >= 4 is 5.97 Å². The molecule has 0 aliphatic heterocycles. The third-order valence-electron chi connectivity index (χ3n) is 2.32. The molecule has 1 unspecified atom stereocenters. The van der Waals surface area contributed by atoms with Crippen LogP contribution in [0.5, 0.6) is 11.5 Å². The molecule has 18 heavy (non-hydrogen) atoms. The number of hydrogen-bond donors (Lipinski definition) is 2. The Bertz CT molecular complexity index is 402. The molecule has 0 saturated heterocycles. The fraction of sp³-hybridized carbons (Fsp3) is 0.462. The molecule has 0 aliphatic carbocycles. The van der Waals surface area contributed by atoms with E-state index in [1.165, 1.54) is 0 Å². The molecule has 2 N–H and O–H groups in total. The van der Waals surface area contributed by atoms with E-state index >= 15 is 0 Å². The highest BCUT2D eigenvalue weighted by atomic mass is 16.5. The van der Waals surface area contributed by atoms with E-state index in [0.717, 1.165) is 0 Å². The van der Waals surface area contributed by atoms with Gasteiger partial charge < -0.3 is 19.7 Å². The number of carboxylic acid groups (broad SMARTS) is 1. The zero-order valence-corrected chi connectivity index (χ0v) is 10.5. The summed E-state index contributed by atoms with van der Waals surface area (Å²) in [4.78, 5) is 10.5. The number of aliphatic hydroxyl groups excluding tert-OH is 1. The van der Waals surface area contributed by atoms with Crippen molar-refractivity contribution in [2.24, 2.45) is 0 Å². The lowest BCUT2D eigenvalue weighted by Gasteiger charge is -2.14. The van der Waals surface area contributed by atoms with Crippen LogP contribution in [-0.4, -0.2) is 29.4 Å². The maximum absolute atomic E-state index is 10.5. The van der Waals surface area contributed by atoms with E-state index in [2.05, 4.69) is 0 Å². The van der Waals surface area contributed by atoms with Gasteiger partial charge in [0.15, 0.2) is 11.5 Å². The molecular formula is C13H18O5. The second-order valence-corrected chi connectivity index (χ2v) is 3.69. The third kappa shape index (κ3) is 3.92. The maximum Gasteiger partial charge on any atom is 0.306 e. The van der Waals surface area contributed by atoms with Crippen LogP contribution >= 0.6 is 0 Å². The van der Waals surface area contributed by atoms with Gasteiger partial charge in [-0.3, -0.25) is 4.79 Å². The van der Waals surface area contributed by atoms with Crippen molar-refractivity contribution in [2.75, 3.05) is 13.2 Å². The molecule has 5 nitrogen and oxygen atoms in total. The number of aliphatic carboxylic acids is 1. The monoisotopic (exact) mass is 254 g/mol. The first kappa shape index (κ1) is 14.3. The minimum Gasteiger partial charge on any atom is -0.490 e. The van der Waals surface area contributed by atoms with Crippen LogP contribution in [0.15, 0.2) is 18.2 Å². The van der Waals surface area contributed by atoms with E-state index < -0.39 is 12.1 Å². The first-order valence-corrected chi connectivity index (χ1v) is 5.87. The zero-order chi connectivity index (χ0) is 13.5. The quantitative estimate of drug-likeness (QED) is 0.778. The van der Waals surface area contributed by atoms with Gasteiger partial charge in [-0.2, -0.15) is 0 Å². The fourth-order valence-electron chi connectivity index (χ4n) is 1.56. The maximum atomic E-state index is 10.5. The van der Waals surface area contributed by atoms with Crippen LogP contribution in [0.1, 0.15) is 31.9 Å². The van der Waals surface area contributed by atoms with Crippen LogP contribution in [0.3, 0.4) is 0 Å². The topological polar surface area (TPSA) is 76.0 Å². The molecule has 0 aliphatic rings. The molecule has 0 bridgehead atoms. The van der Waals surface area contributed by atoms with Crippen LogP contribution in [0, 0.1) is 0 Å². The van der Waals surface area contributed by atoms with Crippen molar-refractivity contribution in [1.82, 2.24) is 0 Å². The van der Waals surface area contributed by atoms with E-state index in [9.17, 15) is 9.90 Å². The van der Waals surface area contributed by atoms with E-state index in [1.807, 2.05) is 13.8 Å². The summed E-state index contributed by atoms with van der Waals surface area (Å²) in [5, 5.41) is 18.4. The number of hydrogen-bond acceptors (Lipinski definition) is 4. The number of aliphatic hydroxyl groups is 1. The highest BCUT2D eigenvalue weighted by Gasteiger charge is 2.15. The molecule has 0 spiro atoms. The summed E-state index contributed by atoms with van der Waals surface area (Å²) >= 11 is 0. The summed E-state index contributed by atoms with van der Waals surface area (Å²) in [6, 6.07) is 4.93. The van der Waals surface area contributed by atoms with Crippen LogP contribution < -0.4 is 9.47 Å². The van der Waals surface area contributed by atoms with Crippen LogP contribution in [-0.2, 0) is 4.79 Å². The van der Waals surface area contributed by atoms with Gasteiger partial charge in [0, 0.05) is 0 Å². The molecule has 0 aromatic heterocycles. The van der Waals surface area contributed by atoms with Crippen molar-refractivity contribution in [3.8, 4) is 11.5 Å². The van der Waals surface area contributed by atoms with Gasteiger partial charge in [0.1, 0.15) is 0 Å². The minimum absolute atomic E-state index is 0.334. The number of ether oxygens (including phenoxy) is 2. The molecule has 0 saturated carbocycles. The summed E-state index contributed by atoms with van der Waals surface area (Å²) in [5.74, 6) is 0.0567. The Morgan fingerprint density at radius 2 is 1.83 bits per heavy atom. The number of benzene rings is 1. The van der Waals surface area contributed by atoms with Crippen molar-refractivity contribution in [3.05, 3.63) is 23.8 Å². The molecular weight excluding hydrogens is 236 g/mol. The van der Waals surface area contributed by atoms with Gasteiger partial charge >= 0.3 is 5.97 Å². The molecule has 1 rings (SSSR count). The summed E-state index contributed by atoms with van der Waals surface area (Å²) < 4.78 is 10.8. The number of carboxylic acids is 1. The van der Waals surface area contributed by atoms with Gasteiger partial charge in [0.2, 0.25) is 0 Å². The van der Waals surface area contributed by atoms with E-state index in [4.69, 9.17) is 14.6 Å². The van der Waals surface area contributed by atoms with Gasteiger partial charge in [0.05, 0.1) is 25.7 Å². The minimum atomic E-state index is -1.05. The summed E-state index contributed by atoms with van der Waals surface area (Å²) in [7, 11) is 0. The van der Waals surface area contributed by atoms with Crippen molar-refractivity contribution in [2.45, 2.75) is 26.4 Å². The lowest BCUT2D eigenvalue weighted by Crippen LogP contribution is -2.06. The Labute approximate surface area is 106 Å². The first-order valence-electron chi connectivity index (χ1n) is 5.87. The van der Waals surface area contributed by atoms with Gasteiger partial charge in [-0.15, -0.1) is 0 Å². The van der Waals surface area contributed by atoms with Crippen molar-refractivity contribution in [3.63, 3.8) is 0 Å². The zero-order valence-electron chi connectivity index (χ0n) is 10.5. The Kier molecular flexibility index (Phi) is 5.45. The predicted molar refractivity (Wildman–Crippen MR) is 66.0 cm³/mol. The van der Waals surface area contributed by atoms with Crippen LogP contribution in [0.2, 0.25) is 0 Å². The van der Waals surface area contributed by atoms with Crippen molar-refractivity contribution in [1.29, 1.82) is 0 Å². The van der Waals surface area contributed by atoms with E-state index in [0.29, 0.717) is 30.3 Å². The Balaban J connectivity index is 2.94. The van der Waals surface area contributed by atoms with Gasteiger partial charge in [0.25, 0.3) is 0 Å². The molecule has 1 atom stereocenters. The lowest BCUT2D eigenvalue weighted by atomic mass is 10.1. The second-order valence-electron chi connectivity index (χ2n) is 3.69. The number of rotatable bonds is 7. The molecule has 1 aromatic carbocycles. The van der Waals surface area contributed by atoms with E-state index in [-0.39, 0.29) is 6.42 Å². The molecule has 0 amide bonds. The average Bonchev–Trinajstić information content (AvgIpc) is 2.31. The average molecular weight is 254 g/mol. The van der Waals surface area contributed by atoms with Crippen LogP contribution in [0.4, 0.5) is 0 Å². The molecule has 0 heterocycles. The third-order valence-corrected chi connectivity index (χ3v) is 2.32. The Morgan fingerprint density at radius 3 is 2.39 bits per heavy atom. The largest absolute Gasteiger partial charge is 0.490 e. The Morgan fingerprint density at radius 1 is 1.22 bits per heavy atom. The normalized spacial score (nSPS) is 11.9. The highest BCUT2D eigenvalue weighted by molar-refractivity contribution is 5.67. The van der Waals surface area contributed by atoms with Crippen molar-refractivity contribution < 1.29 is 24.5 Å². The molecule has 1 aromatic rings. The SMILES string of the molecule is CCOc1ccc(C(O)CC(=O)O)cc1OCC. The molecule has 0 fully saturated rings. The van der Waals surface area contributed by atoms with Gasteiger partial charge in [-0.25, -0.2) is 0 Å². The number of carbonyl (C=O) groups is 1. The molecule has 0 radical (unpaired) electrons. The van der Waals surface area contributed by atoms with Crippen LogP contribution in [0.25, 0.3) is 0 Å². The molecule has 100 valence electrons. The Hall–Kier alpha value is -1.75. The summed E-state index contributed by atoms with van der Waals surface area (Å²) in [5.41, 5.74) is 0.504. The van der Waals surface area contributed by atoms with Gasteiger partial charge in [-0.05, 0) is 31.5 Å². The smallest absolute Gasteiger partial charge is 0.306 e. The van der Waals surface area contributed by atoms with E-state index in [1.54, 1.807) is 18.2 Å². The molecule has 5 heteroatoms. The summed E-state index contributed by atoms with van der Waals surface area (Å²) in [6.45, 7) is 4.69. The lowest BCUT2D eigenvalue weighted by molar-refractivity contribution is -0.139. The summed E-state index contributed by atoms with van der Waals surface area (Å²) in [6.07, 6.45) is -1.38. The standard InChI is InChI=1S/C13H18O5/c1-3-17-11-6-5-9(7-12(11)18-4-2)10(14)8-13(15)16/h5-7,10,14H,3-4,8H2,1-2H3,(H,15,16). The van der Waals surface area contributed by atoms with Gasteiger partial charge in [-0.1, -0.05) is 6.07 Å².